The van der Waals surface area contributed by atoms with E-state index >= 15 is 0 Å². The van der Waals surface area contributed by atoms with E-state index in [2.05, 4.69) is 27.7 Å². The highest BCUT2D eigenvalue weighted by Gasteiger charge is 2.74. The van der Waals surface area contributed by atoms with Crippen LogP contribution >= 0.6 is 0 Å². The van der Waals surface area contributed by atoms with Crippen molar-refractivity contribution in [2.75, 3.05) is 0 Å². The van der Waals surface area contributed by atoms with Crippen molar-refractivity contribution in [2.45, 2.75) is 60.0 Å². The predicted octanol–water partition coefficient (Wildman–Crippen LogP) is 3.22. The van der Waals surface area contributed by atoms with Gasteiger partial charge in [-0.25, -0.2) is 0 Å². The first-order chi connectivity index (χ1) is 6.05. The molecule has 1 nitrogen and oxygen atoms in total. The predicted molar refractivity (Wildman–Crippen MR) is 59.0 cm³/mol. The van der Waals surface area contributed by atoms with Crippen molar-refractivity contribution in [3.8, 4) is 0 Å². The van der Waals surface area contributed by atoms with Gasteiger partial charge < -0.3 is 5.11 Å². The molecule has 0 saturated heterocycles. The van der Waals surface area contributed by atoms with E-state index in [0.29, 0.717) is 10.8 Å². The molecule has 0 aromatic heterocycles. The quantitative estimate of drug-likeness (QED) is 0.719. The van der Waals surface area contributed by atoms with E-state index in [-0.39, 0.29) is 5.41 Å². The Balaban J connectivity index is 2.14. The second-order valence-electron chi connectivity index (χ2n) is 7.21. The number of hydrogen-bond acceptors (Lipinski definition) is 1. The molecule has 0 aliphatic heterocycles. The van der Waals surface area contributed by atoms with Gasteiger partial charge in [0.1, 0.15) is 0 Å². The molecule has 0 bridgehead atoms. The summed E-state index contributed by atoms with van der Waals surface area (Å²) in [5.41, 5.74) is 0.636. The lowest BCUT2D eigenvalue weighted by Crippen LogP contribution is -2.33. The maximum Gasteiger partial charge on any atom is 0.0648 e. The van der Waals surface area contributed by atoms with Crippen LogP contribution in [0.4, 0.5) is 0 Å². The zero-order valence-electron chi connectivity index (χ0n) is 10.4. The molecule has 0 radical (unpaired) electrons. The monoisotopic (exact) mass is 196 g/mol. The zero-order chi connectivity index (χ0) is 11.0. The smallest absolute Gasteiger partial charge is 0.0648 e. The van der Waals surface area contributed by atoms with Crippen molar-refractivity contribution in [1.29, 1.82) is 0 Å². The fraction of sp³-hybridized carbons (Fsp3) is 1.00. The van der Waals surface area contributed by atoms with Gasteiger partial charge in [0.2, 0.25) is 0 Å². The second-order valence-corrected chi connectivity index (χ2v) is 7.21. The van der Waals surface area contributed by atoms with E-state index in [1.165, 1.54) is 12.8 Å². The molecule has 0 aromatic carbocycles. The van der Waals surface area contributed by atoms with Crippen LogP contribution in [0.1, 0.15) is 54.4 Å². The van der Waals surface area contributed by atoms with Crippen molar-refractivity contribution in [3.63, 3.8) is 0 Å². The summed E-state index contributed by atoms with van der Waals surface area (Å²) in [6.07, 6.45) is 2.53. The van der Waals surface area contributed by atoms with Crippen molar-refractivity contribution in [1.82, 2.24) is 0 Å². The van der Waals surface area contributed by atoms with Gasteiger partial charge in [-0.2, -0.15) is 0 Å². The van der Waals surface area contributed by atoms with Crippen LogP contribution in [0.15, 0.2) is 0 Å². The summed E-state index contributed by atoms with van der Waals surface area (Å²) in [4.78, 5) is 0. The van der Waals surface area contributed by atoms with Crippen molar-refractivity contribution >= 4 is 0 Å². The van der Waals surface area contributed by atoms with Gasteiger partial charge in [-0.05, 0) is 48.9 Å². The van der Waals surface area contributed by atoms with E-state index in [4.69, 9.17) is 0 Å². The minimum atomic E-state index is -0.515. The first kappa shape index (κ1) is 10.5. The van der Waals surface area contributed by atoms with Gasteiger partial charge in [0.25, 0.3) is 0 Å². The Kier molecular flexibility index (Phi) is 1.65. The third-order valence-corrected chi connectivity index (χ3v) is 5.63. The number of aliphatic hydroxyl groups is 1. The van der Waals surface area contributed by atoms with Gasteiger partial charge in [-0.1, -0.05) is 27.7 Å². The molecular formula is C13H24O. The van der Waals surface area contributed by atoms with Crippen LogP contribution in [0.25, 0.3) is 0 Å². The fourth-order valence-corrected chi connectivity index (χ4v) is 3.44. The van der Waals surface area contributed by atoms with E-state index in [1.807, 2.05) is 13.8 Å². The van der Waals surface area contributed by atoms with Gasteiger partial charge in [-0.15, -0.1) is 0 Å². The highest BCUT2D eigenvalue weighted by Crippen LogP contribution is 2.79. The lowest BCUT2D eigenvalue weighted by Gasteiger charge is -2.29. The molecular weight excluding hydrogens is 172 g/mol. The van der Waals surface area contributed by atoms with Crippen molar-refractivity contribution in [2.24, 2.45) is 22.2 Å². The summed E-state index contributed by atoms with van der Waals surface area (Å²) in [7, 11) is 0. The van der Waals surface area contributed by atoms with E-state index in [9.17, 15) is 5.11 Å². The Hall–Kier alpha value is -0.0400. The molecule has 1 N–H and O–H groups in total. The molecule has 14 heavy (non-hydrogen) atoms. The molecule has 2 saturated carbocycles. The SMILES string of the molecule is CC(C)(O)C1(C)CC1C1(C)CC1(C)C. The number of rotatable bonds is 2. The summed E-state index contributed by atoms with van der Waals surface area (Å²) in [6, 6.07) is 0. The Morgan fingerprint density at radius 1 is 1.14 bits per heavy atom. The molecule has 3 unspecified atom stereocenters. The van der Waals surface area contributed by atoms with E-state index in [0.717, 1.165) is 5.92 Å². The maximum absolute atomic E-state index is 10.1. The van der Waals surface area contributed by atoms with Crippen molar-refractivity contribution in [3.05, 3.63) is 0 Å². The van der Waals surface area contributed by atoms with Crippen LogP contribution in [0, 0.1) is 22.2 Å². The van der Waals surface area contributed by atoms with Crippen LogP contribution < -0.4 is 0 Å². The molecule has 2 aliphatic carbocycles. The topological polar surface area (TPSA) is 20.2 Å². The maximum atomic E-state index is 10.1. The van der Waals surface area contributed by atoms with Gasteiger partial charge >= 0.3 is 0 Å². The summed E-state index contributed by atoms with van der Waals surface area (Å²) < 4.78 is 0. The molecule has 1 heteroatoms. The minimum absolute atomic E-state index is 0.162. The normalized spacial score (nSPS) is 50.4. The van der Waals surface area contributed by atoms with E-state index in [1.54, 1.807) is 0 Å². The standard InChI is InChI=1S/C13H24O/c1-10(2)8-13(10,6)9-7-12(9,5)11(3,4)14/h9,14H,7-8H2,1-6H3. The van der Waals surface area contributed by atoms with Gasteiger partial charge in [-0.3, -0.25) is 0 Å². The third kappa shape index (κ3) is 1.05. The molecule has 82 valence electrons. The van der Waals surface area contributed by atoms with Gasteiger partial charge in [0, 0.05) is 0 Å². The van der Waals surface area contributed by atoms with Crippen molar-refractivity contribution < 1.29 is 5.11 Å². The molecule has 2 fully saturated rings. The summed E-state index contributed by atoms with van der Waals surface area (Å²) in [6.45, 7) is 13.3. The zero-order valence-corrected chi connectivity index (χ0v) is 10.4. The highest BCUT2D eigenvalue weighted by molar-refractivity contribution is 5.23. The fourth-order valence-electron chi connectivity index (χ4n) is 3.44. The summed E-state index contributed by atoms with van der Waals surface area (Å²) in [5.74, 6) is 0.727. The van der Waals surface area contributed by atoms with Gasteiger partial charge in [0.15, 0.2) is 0 Å². The molecule has 0 amide bonds. The first-order valence-corrected chi connectivity index (χ1v) is 5.77. The Morgan fingerprint density at radius 3 is 1.79 bits per heavy atom. The minimum Gasteiger partial charge on any atom is -0.390 e. The van der Waals surface area contributed by atoms with Crippen LogP contribution in [0.3, 0.4) is 0 Å². The number of hydrogen-bond donors (Lipinski definition) is 1. The average molecular weight is 196 g/mol. The van der Waals surface area contributed by atoms with Crippen LogP contribution in [0.5, 0.6) is 0 Å². The Labute approximate surface area is 87.9 Å². The molecule has 0 aromatic rings. The highest BCUT2D eigenvalue weighted by atomic mass is 16.3. The summed E-state index contributed by atoms with van der Waals surface area (Å²) in [5, 5.41) is 10.1. The Morgan fingerprint density at radius 2 is 1.57 bits per heavy atom. The molecule has 3 atom stereocenters. The largest absolute Gasteiger partial charge is 0.390 e. The second kappa shape index (κ2) is 2.21. The first-order valence-electron chi connectivity index (χ1n) is 5.77. The van der Waals surface area contributed by atoms with Crippen LogP contribution in [-0.4, -0.2) is 10.7 Å². The van der Waals surface area contributed by atoms with Crippen LogP contribution in [0.2, 0.25) is 0 Å². The third-order valence-electron chi connectivity index (χ3n) is 5.63. The molecule has 2 rings (SSSR count). The van der Waals surface area contributed by atoms with Gasteiger partial charge in [0.05, 0.1) is 5.60 Å². The van der Waals surface area contributed by atoms with Crippen LogP contribution in [-0.2, 0) is 0 Å². The Bertz CT molecular complexity index is 273. The lowest BCUT2D eigenvalue weighted by atomic mass is 9.80. The molecule has 0 spiro atoms. The molecule has 0 heterocycles. The molecule has 2 aliphatic rings. The average Bonchev–Trinajstić information content (AvgIpc) is 2.72. The summed E-state index contributed by atoms with van der Waals surface area (Å²) >= 11 is 0. The lowest BCUT2D eigenvalue weighted by molar-refractivity contribution is -0.00443. The van der Waals surface area contributed by atoms with E-state index < -0.39 is 5.60 Å².